The van der Waals surface area contributed by atoms with Gasteiger partial charge in [-0.2, -0.15) is 0 Å². The zero-order valence-electron chi connectivity index (χ0n) is 14.8. The Kier molecular flexibility index (Phi) is 7.78. The molecule has 10 nitrogen and oxygen atoms in total. The van der Waals surface area contributed by atoms with E-state index in [4.69, 9.17) is 23.7 Å². The van der Waals surface area contributed by atoms with Crippen molar-refractivity contribution in [1.29, 1.82) is 0 Å². The van der Waals surface area contributed by atoms with Gasteiger partial charge in [-0.3, -0.25) is 19.2 Å². The minimum absolute atomic E-state index is 0.252. The zero-order valence-corrected chi connectivity index (χ0v) is 14.8. The van der Waals surface area contributed by atoms with Crippen LogP contribution in [0.4, 0.5) is 0 Å². The summed E-state index contributed by atoms with van der Waals surface area (Å²) in [4.78, 5) is 45.5. The van der Waals surface area contributed by atoms with Gasteiger partial charge in [-0.05, 0) is 0 Å². The van der Waals surface area contributed by atoms with Gasteiger partial charge in [-0.1, -0.05) is 0 Å². The van der Waals surface area contributed by atoms with E-state index in [9.17, 15) is 19.2 Å². The fourth-order valence-electron chi connectivity index (χ4n) is 2.49. The molecule has 0 saturated carbocycles. The lowest BCUT2D eigenvalue weighted by Gasteiger charge is -2.44. The Bertz CT molecular complexity index is 521. The lowest BCUT2D eigenvalue weighted by molar-refractivity contribution is -0.271. The van der Waals surface area contributed by atoms with Crippen LogP contribution >= 0.6 is 0 Å². The van der Waals surface area contributed by atoms with Crippen molar-refractivity contribution >= 4 is 23.8 Å². The van der Waals surface area contributed by atoms with Crippen molar-refractivity contribution in [3.63, 3.8) is 0 Å². The maximum atomic E-state index is 11.5. The minimum atomic E-state index is -1.11. The average molecular weight is 361 g/mol. The van der Waals surface area contributed by atoms with Gasteiger partial charge in [0.25, 0.3) is 0 Å². The summed E-state index contributed by atoms with van der Waals surface area (Å²) < 4.78 is 26.2. The van der Waals surface area contributed by atoms with Crippen molar-refractivity contribution in [2.75, 3.05) is 13.7 Å². The number of esters is 3. The highest BCUT2D eigenvalue weighted by atomic mass is 16.7. The maximum Gasteiger partial charge on any atom is 0.303 e. The largest absolute Gasteiger partial charge is 0.463 e. The summed E-state index contributed by atoms with van der Waals surface area (Å²) in [5.41, 5.74) is 0. The third kappa shape index (κ3) is 6.31. The molecule has 1 saturated heterocycles. The highest BCUT2D eigenvalue weighted by Gasteiger charge is 2.50. The molecule has 10 heteroatoms. The van der Waals surface area contributed by atoms with E-state index in [0.717, 1.165) is 0 Å². The Hall–Kier alpha value is -2.20. The Morgan fingerprint density at radius 1 is 0.920 bits per heavy atom. The molecule has 0 aromatic heterocycles. The normalized spacial score (nSPS) is 28.6. The number of hydrogen-bond donors (Lipinski definition) is 1. The third-order valence-electron chi connectivity index (χ3n) is 3.30. The van der Waals surface area contributed by atoms with E-state index >= 15 is 0 Å². The van der Waals surface area contributed by atoms with Gasteiger partial charge in [0.1, 0.15) is 18.8 Å². The van der Waals surface area contributed by atoms with Crippen LogP contribution in [0.2, 0.25) is 0 Å². The number of amides is 1. The fourth-order valence-corrected chi connectivity index (χ4v) is 2.49. The van der Waals surface area contributed by atoms with Crippen LogP contribution in [0.5, 0.6) is 0 Å². The number of nitrogens with one attached hydrogen (secondary N) is 1. The van der Waals surface area contributed by atoms with Crippen molar-refractivity contribution in [3.8, 4) is 0 Å². The number of ether oxygens (including phenoxy) is 5. The van der Waals surface area contributed by atoms with E-state index in [2.05, 4.69) is 5.32 Å². The molecule has 0 radical (unpaired) electrons. The van der Waals surface area contributed by atoms with Crippen LogP contribution in [0.1, 0.15) is 27.7 Å². The van der Waals surface area contributed by atoms with Crippen molar-refractivity contribution in [3.05, 3.63) is 0 Å². The molecule has 25 heavy (non-hydrogen) atoms. The number of methoxy groups -OCH3 is 1. The van der Waals surface area contributed by atoms with Gasteiger partial charge in [0.15, 0.2) is 18.5 Å². The molecule has 1 heterocycles. The summed E-state index contributed by atoms with van der Waals surface area (Å²) in [6, 6.07) is -0.927. The summed E-state index contributed by atoms with van der Waals surface area (Å²) >= 11 is 0. The van der Waals surface area contributed by atoms with Gasteiger partial charge >= 0.3 is 17.9 Å². The van der Waals surface area contributed by atoms with Crippen molar-refractivity contribution in [2.45, 2.75) is 58.3 Å². The predicted octanol–water partition coefficient (Wildman–Crippen LogP) is -0.711. The Balaban J connectivity index is 3.18. The van der Waals surface area contributed by atoms with Crippen LogP contribution in [0, 0.1) is 0 Å². The quantitative estimate of drug-likeness (QED) is 0.482. The van der Waals surface area contributed by atoms with Gasteiger partial charge in [-0.25, -0.2) is 0 Å². The van der Waals surface area contributed by atoms with E-state index in [-0.39, 0.29) is 6.61 Å². The Labute approximate surface area is 145 Å². The van der Waals surface area contributed by atoms with Gasteiger partial charge in [-0.15, -0.1) is 0 Å². The molecule has 0 aromatic rings. The second-order valence-electron chi connectivity index (χ2n) is 5.46. The van der Waals surface area contributed by atoms with Gasteiger partial charge in [0.2, 0.25) is 5.91 Å². The first-order chi connectivity index (χ1) is 11.6. The van der Waals surface area contributed by atoms with Gasteiger partial charge < -0.3 is 29.0 Å². The first kappa shape index (κ1) is 20.8. The van der Waals surface area contributed by atoms with E-state index in [1.165, 1.54) is 34.8 Å². The van der Waals surface area contributed by atoms with Crippen LogP contribution in [0.15, 0.2) is 0 Å². The molecule has 0 unspecified atom stereocenters. The second-order valence-corrected chi connectivity index (χ2v) is 5.46. The zero-order chi connectivity index (χ0) is 19.1. The number of carbonyl (C=O) groups is 4. The average Bonchev–Trinajstić information content (AvgIpc) is 2.48. The minimum Gasteiger partial charge on any atom is -0.463 e. The fraction of sp³-hybridized carbons (Fsp3) is 0.733. The Morgan fingerprint density at radius 2 is 1.48 bits per heavy atom. The summed E-state index contributed by atoms with van der Waals surface area (Å²) in [5, 5.41) is 2.56. The smallest absolute Gasteiger partial charge is 0.303 e. The van der Waals surface area contributed by atoms with Crippen LogP contribution < -0.4 is 5.32 Å². The SMILES string of the molecule is CO[C@@H]1O[C@H](COC(C)=O)[C@@H](OC(C)=O)[C@H](OC(C)=O)[C@@H]1NC(C)=O. The standard InChI is InChI=1S/C15H23NO9/c1-7(17)16-12-14(24-10(4)20)13(23-9(3)19)11(6-22-8(2)18)25-15(12)21-5/h11-15H,6H2,1-5H3,(H,16,17)/t11-,12+,13-,14-,15-/m1/s1. The van der Waals surface area contributed by atoms with Crippen molar-refractivity contribution in [1.82, 2.24) is 5.32 Å². The van der Waals surface area contributed by atoms with E-state index in [0.29, 0.717) is 0 Å². The molecule has 1 amide bonds. The van der Waals surface area contributed by atoms with E-state index < -0.39 is 54.5 Å². The van der Waals surface area contributed by atoms with E-state index in [1.54, 1.807) is 0 Å². The van der Waals surface area contributed by atoms with Gasteiger partial charge in [0.05, 0.1) is 0 Å². The second kappa shape index (κ2) is 9.33. The number of carbonyl (C=O) groups excluding carboxylic acids is 4. The van der Waals surface area contributed by atoms with Crippen LogP contribution in [0.25, 0.3) is 0 Å². The molecule has 1 fully saturated rings. The molecule has 0 bridgehead atoms. The Morgan fingerprint density at radius 3 is 1.92 bits per heavy atom. The molecule has 0 spiro atoms. The van der Waals surface area contributed by atoms with Crippen molar-refractivity contribution < 1.29 is 42.9 Å². The lowest BCUT2D eigenvalue weighted by Crippen LogP contribution is -2.66. The third-order valence-corrected chi connectivity index (χ3v) is 3.30. The first-order valence-electron chi connectivity index (χ1n) is 7.58. The summed E-state index contributed by atoms with van der Waals surface area (Å²) in [7, 11) is 1.33. The monoisotopic (exact) mass is 361 g/mol. The summed E-state index contributed by atoms with van der Waals surface area (Å²) in [5.74, 6) is -2.29. The molecular weight excluding hydrogens is 338 g/mol. The van der Waals surface area contributed by atoms with Crippen molar-refractivity contribution in [2.24, 2.45) is 0 Å². The molecule has 0 aliphatic carbocycles. The lowest BCUT2D eigenvalue weighted by atomic mass is 9.96. The molecule has 1 aliphatic rings. The first-order valence-corrected chi connectivity index (χ1v) is 7.58. The molecular formula is C15H23NO9. The van der Waals surface area contributed by atoms with Crippen LogP contribution in [-0.4, -0.2) is 68.2 Å². The molecule has 1 aliphatic heterocycles. The molecule has 1 rings (SSSR count). The van der Waals surface area contributed by atoms with Crippen LogP contribution in [0.3, 0.4) is 0 Å². The molecule has 1 N–H and O–H groups in total. The summed E-state index contributed by atoms with van der Waals surface area (Å²) in [6.45, 7) is 4.57. The molecule has 142 valence electrons. The highest BCUT2D eigenvalue weighted by Crippen LogP contribution is 2.27. The van der Waals surface area contributed by atoms with E-state index in [1.807, 2.05) is 0 Å². The maximum absolute atomic E-state index is 11.5. The topological polar surface area (TPSA) is 126 Å². The predicted molar refractivity (Wildman–Crippen MR) is 81.0 cm³/mol. The number of rotatable bonds is 6. The van der Waals surface area contributed by atoms with Gasteiger partial charge in [0, 0.05) is 34.8 Å². The highest BCUT2D eigenvalue weighted by molar-refractivity contribution is 5.73. The summed E-state index contributed by atoms with van der Waals surface area (Å²) in [6.07, 6.45) is -4.17. The molecule has 5 atom stereocenters. The van der Waals surface area contributed by atoms with Crippen LogP contribution in [-0.2, 0) is 42.9 Å². The number of hydrogen-bond acceptors (Lipinski definition) is 9. The molecule has 0 aromatic carbocycles.